The van der Waals surface area contributed by atoms with Crippen molar-refractivity contribution in [2.24, 2.45) is 5.73 Å². The summed E-state index contributed by atoms with van der Waals surface area (Å²) in [5.41, 5.74) is 12.9. The maximum Gasteiger partial charge on any atom is 0.133 e. The van der Waals surface area contributed by atoms with E-state index in [1.165, 1.54) is 6.20 Å². The summed E-state index contributed by atoms with van der Waals surface area (Å²) in [6.45, 7) is 0. The molecular weight excluding hydrogens is 294 g/mol. The Kier molecular flexibility index (Phi) is 3.74. The predicted molar refractivity (Wildman–Crippen MR) is 82.2 cm³/mol. The van der Waals surface area contributed by atoms with E-state index < -0.39 is 0 Å². The van der Waals surface area contributed by atoms with Crippen molar-refractivity contribution in [3.05, 3.63) is 47.1 Å². The van der Waals surface area contributed by atoms with Gasteiger partial charge in [0.1, 0.15) is 17.7 Å². The predicted octanol–water partition coefficient (Wildman–Crippen LogP) is 2.87. The van der Waals surface area contributed by atoms with E-state index in [1.807, 2.05) is 24.3 Å². The van der Waals surface area contributed by atoms with E-state index in [4.69, 9.17) is 27.8 Å². The molecule has 2 atom stereocenters. The molecule has 1 aromatic carbocycles. The first kappa shape index (κ1) is 13.5. The molecule has 2 aromatic rings. The number of para-hydroxylation sites is 1. The van der Waals surface area contributed by atoms with Gasteiger partial charge in [-0.25, -0.2) is 4.98 Å². The summed E-state index contributed by atoms with van der Waals surface area (Å²) in [6.07, 6.45) is 1.36. The molecule has 0 aliphatic carbocycles. The van der Waals surface area contributed by atoms with Gasteiger partial charge in [0, 0.05) is 22.4 Å². The van der Waals surface area contributed by atoms with Crippen LogP contribution in [0.5, 0.6) is 5.75 Å². The van der Waals surface area contributed by atoms with Crippen LogP contribution >= 0.6 is 23.4 Å². The van der Waals surface area contributed by atoms with Crippen LogP contribution in [-0.2, 0) is 0 Å². The molecule has 20 heavy (non-hydrogen) atoms. The zero-order chi connectivity index (χ0) is 14.1. The molecule has 0 saturated carbocycles. The summed E-state index contributed by atoms with van der Waals surface area (Å²) in [5.74, 6) is 2.02. The number of anilines is 1. The number of nitrogens with zero attached hydrogens (tertiary/aromatic N) is 1. The average Bonchev–Trinajstić information content (AvgIpc) is 2.48. The van der Waals surface area contributed by atoms with E-state index in [0.29, 0.717) is 10.8 Å². The van der Waals surface area contributed by atoms with Gasteiger partial charge in [0.05, 0.1) is 11.1 Å². The summed E-state index contributed by atoms with van der Waals surface area (Å²) < 4.78 is 5.97. The zero-order valence-electron chi connectivity index (χ0n) is 10.6. The third-order valence-electron chi connectivity index (χ3n) is 3.21. The number of nitrogen functional groups attached to an aromatic ring is 1. The highest BCUT2D eigenvalue weighted by Gasteiger charge is 2.28. The Morgan fingerprint density at radius 1 is 1.40 bits per heavy atom. The maximum atomic E-state index is 6.28. The van der Waals surface area contributed by atoms with Crippen molar-refractivity contribution in [3.63, 3.8) is 0 Å². The Hall–Kier alpha value is -1.43. The molecule has 0 amide bonds. The third-order valence-corrected chi connectivity index (χ3v) is 4.56. The monoisotopic (exact) mass is 307 g/mol. The van der Waals surface area contributed by atoms with Gasteiger partial charge in [-0.15, -0.1) is 11.8 Å². The Labute approximate surface area is 126 Å². The number of hydrogen-bond acceptors (Lipinski definition) is 5. The van der Waals surface area contributed by atoms with Gasteiger partial charge in [0.25, 0.3) is 0 Å². The van der Waals surface area contributed by atoms with E-state index in [1.54, 1.807) is 17.8 Å². The number of fused-ring (bicyclic) bond motifs is 1. The second-order valence-electron chi connectivity index (χ2n) is 4.57. The molecule has 2 heterocycles. The summed E-state index contributed by atoms with van der Waals surface area (Å²) in [6, 6.07) is 9.32. The van der Waals surface area contributed by atoms with Gasteiger partial charge >= 0.3 is 0 Å². The number of aromatic nitrogens is 1. The van der Waals surface area contributed by atoms with Crippen molar-refractivity contribution in [2.75, 3.05) is 11.5 Å². The normalized spacial score (nSPS) is 19.0. The standard InChI is InChI=1S/C14H14ClN3OS/c15-8-5-9(14(17)18-6-8)13(16)11-7-20-12-4-2-1-3-10(12)19-11/h1-6,11,13H,7,16H2,(H2,17,18). The van der Waals surface area contributed by atoms with Crippen molar-refractivity contribution >= 4 is 29.2 Å². The molecule has 104 valence electrons. The van der Waals surface area contributed by atoms with E-state index in [0.717, 1.165) is 22.0 Å². The molecule has 1 aliphatic heterocycles. The first-order valence-corrected chi connectivity index (χ1v) is 7.56. The number of benzene rings is 1. The number of ether oxygens (including phenoxy) is 1. The molecule has 4 nitrogen and oxygen atoms in total. The minimum absolute atomic E-state index is 0.155. The molecule has 6 heteroatoms. The minimum Gasteiger partial charge on any atom is -0.486 e. The Morgan fingerprint density at radius 3 is 3.05 bits per heavy atom. The molecule has 2 unspecified atom stereocenters. The van der Waals surface area contributed by atoms with Crippen molar-refractivity contribution in [2.45, 2.75) is 17.0 Å². The first-order valence-electron chi connectivity index (χ1n) is 6.20. The number of halogens is 1. The van der Waals surface area contributed by atoms with E-state index in [-0.39, 0.29) is 12.1 Å². The largest absolute Gasteiger partial charge is 0.486 e. The van der Waals surface area contributed by atoms with E-state index >= 15 is 0 Å². The lowest BCUT2D eigenvalue weighted by atomic mass is 10.0. The number of hydrogen-bond donors (Lipinski definition) is 2. The molecule has 0 spiro atoms. The van der Waals surface area contributed by atoms with Gasteiger partial charge < -0.3 is 16.2 Å². The molecule has 4 N–H and O–H groups in total. The summed E-state index contributed by atoms with van der Waals surface area (Å²) in [5, 5.41) is 0.522. The average molecular weight is 308 g/mol. The molecule has 0 saturated heterocycles. The summed E-state index contributed by atoms with van der Waals surface area (Å²) >= 11 is 7.69. The van der Waals surface area contributed by atoms with Crippen molar-refractivity contribution in [1.29, 1.82) is 0 Å². The van der Waals surface area contributed by atoms with Gasteiger partial charge in [-0.1, -0.05) is 23.7 Å². The molecule has 1 aromatic heterocycles. The minimum atomic E-state index is -0.359. The lowest BCUT2D eigenvalue weighted by Gasteiger charge is -2.30. The van der Waals surface area contributed by atoms with Gasteiger partial charge in [-0.05, 0) is 18.2 Å². The van der Waals surface area contributed by atoms with Crippen LogP contribution in [0.4, 0.5) is 5.82 Å². The smallest absolute Gasteiger partial charge is 0.133 e. The van der Waals surface area contributed by atoms with Gasteiger partial charge in [-0.3, -0.25) is 0 Å². The molecule has 1 aliphatic rings. The molecule has 0 fully saturated rings. The quantitative estimate of drug-likeness (QED) is 0.892. The Bertz CT molecular complexity index is 638. The van der Waals surface area contributed by atoms with Crippen molar-refractivity contribution < 1.29 is 4.74 Å². The van der Waals surface area contributed by atoms with Gasteiger partial charge in [-0.2, -0.15) is 0 Å². The highest BCUT2D eigenvalue weighted by molar-refractivity contribution is 7.99. The van der Waals surface area contributed by atoms with Crippen LogP contribution < -0.4 is 16.2 Å². The second-order valence-corrected chi connectivity index (χ2v) is 6.07. The first-order chi connectivity index (χ1) is 9.65. The summed E-state index contributed by atoms with van der Waals surface area (Å²) in [7, 11) is 0. The fourth-order valence-corrected chi connectivity index (χ4v) is 3.36. The fraction of sp³-hybridized carbons (Fsp3) is 0.214. The molecule has 0 radical (unpaired) electrons. The molecular formula is C14H14ClN3OS. The van der Waals surface area contributed by atoms with Crippen LogP contribution in [-0.4, -0.2) is 16.8 Å². The van der Waals surface area contributed by atoms with Crippen molar-refractivity contribution in [3.8, 4) is 5.75 Å². The van der Waals surface area contributed by atoms with Gasteiger partial charge in [0.15, 0.2) is 0 Å². The topological polar surface area (TPSA) is 74.2 Å². The fourth-order valence-electron chi connectivity index (χ4n) is 2.15. The lowest BCUT2D eigenvalue weighted by molar-refractivity contribution is 0.185. The van der Waals surface area contributed by atoms with Gasteiger partial charge in [0.2, 0.25) is 0 Å². The van der Waals surface area contributed by atoms with E-state index in [9.17, 15) is 0 Å². The third kappa shape index (κ3) is 2.57. The SMILES string of the molecule is Nc1ncc(Cl)cc1C(N)C1CSc2ccccc2O1. The number of nitrogens with two attached hydrogens (primary N) is 2. The van der Waals surface area contributed by atoms with Crippen LogP contribution in [0.2, 0.25) is 5.02 Å². The van der Waals surface area contributed by atoms with Crippen LogP contribution in [0.25, 0.3) is 0 Å². The van der Waals surface area contributed by atoms with Crippen LogP contribution in [0.3, 0.4) is 0 Å². The highest BCUT2D eigenvalue weighted by Crippen LogP contribution is 2.38. The number of thioether (sulfide) groups is 1. The zero-order valence-corrected chi connectivity index (χ0v) is 12.2. The Morgan fingerprint density at radius 2 is 2.20 bits per heavy atom. The van der Waals surface area contributed by atoms with E-state index in [2.05, 4.69) is 4.98 Å². The number of rotatable bonds is 2. The second kappa shape index (κ2) is 5.52. The molecule has 3 rings (SSSR count). The van der Waals surface area contributed by atoms with Crippen LogP contribution in [0.15, 0.2) is 41.4 Å². The lowest BCUT2D eigenvalue weighted by Crippen LogP contribution is -2.36. The van der Waals surface area contributed by atoms with Crippen molar-refractivity contribution in [1.82, 2.24) is 4.98 Å². The number of pyridine rings is 1. The Balaban J connectivity index is 1.85. The van der Waals surface area contributed by atoms with Crippen LogP contribution in [0, 0.1) is 0 Å². The summed E-state index contributed by atoms with van der Waals surface area (Å²) in [4.78, 5) is 5.17. The molecule has 0 bridgehead atoms. The highest BCUT2D eigenvalue weighted by atomic mass is 35.5. The van der Waals surface area contributed by atoms with Crippen LogP contribution in [0.1, 0.15) is 11.6 Å². The maximum absolute atomic E-state index is 6.28.